The van der Waals surface area contributed by atoms with Gasteiger partial charge in [0.2, 0.25) is 9.84 Å². The van der Waals surface area contributed by atoms with Crippen molar-refractivity contribution in [3.63, 3.8) is 0 Å². The molecule has 0 atom stereocenters. The van der Waals surface area contributed by atoms with Crippen LogP contribution >= 0.6 is 0 Å². The van der Waals surface area contributed by atoms with Gasteiger partial charge >= 0.3 is 0 Å². The molecule has 1 aromatic carbocycles. The van der Waals surface area contributed by atoms with Crippen molar-refractivity contribution in [2.24, 2.45) is 5.73 Å². The quantitative estimate of drug-likeness (QED) is 0.929. The molecule has 0 saturated carbocycles. The Morgan fingerprint density at radius 2 is 1.81 bits per heavy atom. The van der Waals surface area contributed by atoms with Crippen molar-refractivity contribution in [1.29, 1.82) is 0 Å². The van der Waals surface area contributed by atoms with Gasteiger partial charge in [0.25, 0.3) is 0 Å². The van der Waals surface area contributed by atoms with E-state index in [1.807, 2.05) is 12.1 Å². The number of rotatable bonds is 3. The number of benzene rings is 1. The van der Waals surface area contributed by atoms with E-state index in [1.165, 1.54) is 31.1 Å². The van der Waals surface area contributed by atoms with E-state index >= 15 is 0 Å². The van der Waals surface area contributed by atoms with Crippen molar-refractivity contribution in [3.05, 3.63) is 34.7 Å². The number of nitrogens with two attached hydrogens (primary N) is 1. The van der Waals surface area contributed by atoms with Crippen molar-refractivity contribution < 1.29 is 8.42 Å². The maximum Gasteiger partial charge on any atom is 0.200 e. The summed E-state index contributed by atoms with van der Waals surface area (Å²) in [6.07, 6.45) is 4.98. The third kappa shape index (κ3) is 3.05. The van der Waals surface area contributed by atoms with Gasteiger partial charge in [0.15, 0.2) is 0 Å². The molecule has 21 heavy (non-hydrogen) atoms. The standard InChI is InChI=1S/C16H22N2O2S/c17-10-13-5-6-15-14(12-21(19,20)16(15)9-13)11-18-7-3-1-2-4-8-18/h5-6,9,12H,1-4,7-8,10-11,17H2. The fraction of sp³-hybridized carbons (Fsp3) is 0.500. The molecule has 5 heteroatoms. The zero-order valence-corrected chi connectivity index (χ0v) is 13.0. The predicted molar refractivity (Wildman–Crippen MR) is 84.4 cm³/mol. The van der Waals surface area contributed by atoms with Crippen LogP contribution in [0.15, 0.2) is 28.5 Å². The van der Waals surface area contributed by atoms with Crippen LogP contribution < -0.4 is 5.73 Å². The van der Waals surface area contributed by atoms with Crippen LogP contribution in [-0.2, 0) is 16.4 Å². The normalized spacial score (nSPS) is 21.7. The smallest absolute Gasteiger partial charge is 0.200 e. The fourth-order valence-electron chi connectivity index (χ4n) is 3.17. The molecule has 2 aliphatic rings. The van der Waals surface area contributed by atoms with Gasteiger partial charge in [-0.15, -0.1) is 0 Å². The van der Waals surface area contributed by atoms with Crippen LogP contribution in [0.5, 0.6) is 0 Å². The lowest BCUT2D eigenvalue weighted by Crippen LogP contribution is -2.26. The molecule has 3 rings (SSSR count). The van der Waals surface area contributed by atoms with Gasteiger partial charge in [-0.3, -0.25) is 4.90 Å². The second-order valence-electron chi connectivity index (χ2n) is 5.91. The van der Waals surface area contributed by atoms with E-state index in [2.05, 4.69) is 4.90 Å². The SMILES string of the molecule is NCc1ccc2c(c1)S(=O)(=O)C=C2CN1CCCCCC1. The molecule has 0 radical (unpaired) electrons. The topological polar surface area (TPSA) is 63.4 Å². The molecule has 0 amide bonds. The lowest BCUT2D eigenvalue weighted by atomic mass is 10.0. The molecular weight excluding hydrogens is 284 g/mol. The number of nitrogens with zero attached hydrogens (tertiary/aromatic N) is 1. The van der Waals surface area contributed by atoms with E-state index < -0.39 is 9.84 Å². The van der Waals surface area contributed by atoms with E-state index in [0.717, 1.165) is 36.3 Å². The van der Waals surface area contributed by atoms with Crippen LogP contribution in [-0.4, -0.2) is 33.0 Å². The Morgan fingerprint density at radius 3 is 2.48 bits per heavy atom. The van der Waals surface area contributed by atoms with E-state index in [4.69, 9.17) is 5.73 Å². The zero-order chi connectivity index (χ0) is 14.9. The Kier molecular flexibility index (Phi) is 4.15. The summed E-state index contributed by atoms with van der Waals surface area (Å²) in [5, 5.41) is 1.45. The third-order valence-corrected chi connectivity index (χ3v) is 5.87. The lowest BCUT2D eigenvalue weighted by molar-refractivity contribution is 0.320. The molecular formula is C16H22N2O2S. The molecule has 0 bridgehead atoms. The number of fused-ring (bicyclic) bond motifs is 1. The molecule has 114 valence electrons. The second-order valence-corrected chi connectivity index (χ2v) is 7.68. The minimum absolute atomic E-state index is 0.365. The van der Waals surface area contributed by atoms with Gasteiger partial charge in [-0.25, -0.2) is 8.42 Å². The highest BCUT2D eigenvalue weighted by Gasteiger charge is 2.28. The minimum atomic E-state index is -3.29. The highest BCUT2D eigenvalue weighted by Crippen LogP contribution is 2.34. The first-order chi connectivity index (χ1) is 10.1. The summed E-state index contributed by atoms with van der Waals surface area (Å²) < 4.78 is 24.6. The molecule has 1 saturated heterocycles. The van der Waals surface area contributed by atoms with Gasteiger partial charge in [-0.2, -0.15) is 0 Å². The molecule has 4 nitrogen and oxygen atoms in total. The van der Waals surface area contributed by atoms with E-state index in [-0.39, 0.29) is 0 Å². The first-order valence-corrected chi connectivity index (χ1v) is 9.16. The van der Waals surface area contributed by atoms with Crippen LogP contribution in [0.3, 0.4) is 0 Å². The van der Waals surface area contributed by atoms with Crippen molar-refractivity contribution in [3.8, 4) is 0 Å². The van der Waals surface area contributed by atoms with Gasteiger partial charge in [0.05, 0.1) is 4.90 Å². The maximum absolute atomic E-state index is 12.3. The molecule has 2 N–H and O–H groups in total. The lowest BCUT2D eigenvalue weighted by Gasteiger charge is -2.20. The van der Waals surface area contributed by atoms with Crippen LogP contribution in [0.1, 0.15) is 36.8 Å². The summed E-state index contributed by atoms with van der Waals surface area (Å²) >= 11 is 0. The fourth-order valence-corrected chi connectivity index (χ4v) is 4.69. The summed E-state index contributed by atoms with van der Waals surface area (Å²) in [5.41, 5.74) is 8.26. The van der Waals surface area contributed by atoms with Crippen LogP contribution in [0.4, 0.5) is 0 Å². The third-order valence-electron chi connectivity index (χ3n) is 4.32. The Labute approximate surface area is 126 Å². The summed E-state index contributed by atoms with van der Waals surface area (Å²) in [4.78, 5) is 2.80. The summed E-state index contributed by atoms with van der Waals surface area (Å²) in [5.74, 6) is 0. The van der Waals surface area contributed by atoms with Crippen LogP contribution in [0, 0.1) is 0 Å². The molecule has 2 aliphatic heterocycles. The Balaban J connectivity index is 1.88. The molecule has 0 spiro atoms. The van der Waals surface area contributed by atoms with Crippen LogP contribution in [0.2, 0.25) is 0 Å². The van der Waals surface area contributed by atoms with Gasteiger partial charge in [0, 0.05) is 18.5 Å². The Morgan fingerprint density at radius 1 is 1.10 bits per heavy atom. The average molecular weight is 306 g/mol. The molecule has 2 heterocycles. The molecule has 0 unspecified atom stereocenters. The van der Waals surface area contributed by atoms with Gasteiger partial charge in [-0.1, -0.05) is 25.0 Å². The molecule has 1 aromatic rings. The predicted octanol–water partition coefficient (Wildman–Crippen LogP) is 2.15. The van der Waals surface area contributed by atoms with Gasteiger partial charge in [-0.05, 0) is 48.7 Å². The minimum Gasteiger partial charge on any atom is -0.326 e. The monoisotopic (exact) mass is 306 g/mol. The highest BCUT2D eigenvalue weighted by atomic mass is 32.2. The van der Waals surface area contributed by atoms with Crippen LogP contribution in [0.25, 0.3) is 5.57 Å². The Hall–Kier alpha value is -1.17. The van der Waals surface area contributed by atoms with E-state index in [1.54, 1.807) is 6.07 Å². The van der Waals surface area contributed by atoms with Gasteiger partial charge < -0.3 is 5.73 Å². The van der Waals surface area contributed by atoms with Crippen molar-refractivity contribution in [2.45, 2.75) is 37.1 Å². The number of hydrogen-bond acceptors (Lipinski definition) is 4. The highest BCUT2D eigenvalue weighted by molar-refractivity contribution is 7.95. The summed E-state index contributed by atoms with van der Waals surface area (Å²) in [7, 11) is -3.29. The van der Waals surface area contributed by atoms with Crippen molar-refractivity contribution in [2.75, 3.05) is 19.6 Å². The van der Waals surface area contributed by atoms with Crippen molar-refractivity contribution in [1.82, 2.24) is 4.90 Å². The largest absolute Gasteiger partial charge is 0.326 e. The number of hydrogen-bond donors (Lipinski definition) is 1. The molecule has 1 fully saturated rings. The Bertz CT molecular complexity index is 657. The molecule has 0 aromatic heterocycles. The zero-order valence-electron chi connectivity index (χ0n) is 12.2. The summed E-state index contributed by atoms with van der Waals surface area (Å²) in [6, 6.07) is 5.55. The first-order valence-electron chi connectivity index (χ1n) is 7.61. The second kappa shape index (κ2) is 5.91. The number of sulfone groups is 1. The number of likely N-dealkylation sites (tertiary alicyclic amines) is 1. The van der Waals surface area contributed by atoms with E-state index in [9.17, 15) is 8.42 Å². The van der Waals surface area contributed by atoms with Crippen molar-refractivity contribution >= 4 is 15.4 Å². The average Bonchev–Trinajstić information content (AvgIpc) is 2.65. The van der Waals surface area contributed by atoms with Gasteiger partial charge in [0.1, 0.15) is 0 Å². The maximum atomic E-state index is 12.3. The first kappa shape index (κ1) is 14.8. The molecule has 0 aliphatic carbocycles. The van der Waals surface area contributed by atoms with E-state index in [0.29, 0.717) is 11.4 Å². The summed E-state index contributed by atoms with van der Waals surface area (Å²) in [6.45, 7) is 3.22.